The number of aliphatic hydroxyl groups excluding tert-OH is 1. The first-order valence-electron chi connectivity index (χ1n) is 12.6. The molecule has 1 aliphatic heterocycles. The van der Waals surface area contributed by atoms with Gasteiger partial charge in [0.25, 0.3) is 0 Å². The first-order chi connectivity index (χ1) is 16.2. The number of hydrogen-bond donors (Lipinski definition) is 3. The minimum Gasteiger partial charge on any atom is -0.480 e. The molecule has 1 aromatic heterocycles. The molecule has 0 saturated heterocycles. The molecule has 0 aromatic carbocycles. The summed E-state index contributed by atoms with van der Waals surface area (Å²) in [5.41, 5.74) is 2.34. The Labute approximate surface area is 202 Å². The van der Waals surface area contributed by atoms with Crippen molar-refractivity contribution in [1.82, 2.24) is 14.9 Å². The van der Waals surface area contributed by atoms with E-state index in [9.17, 15) is 19.8 Å². The number of pyridine rings is 1. The van der Waals surface area contributed by atoms with E-state index in [0.29, 0.717) is 5.92 Å². The van der Waals surface area contributed by atoms with Gasteiger partial charge >= 0.3 is 12.1 Å². The lowest BCUT2D eigenvalue weighted by molar-refractivity contribution is -0.208. The summed E-state index contributed by atoms with van der Waals surface area (Å²) in [5.74, 6) is 0.310. The molecule has 2 heterocycles. The largest absolute Gasteiger partial charge is 0.480 e. The maximum atomic E-state index is 12.9. The van der Waals surface area contributed by atoms with Crippen LogP contribution in [0.15, 0.2) is 12.1 Å². The van der Waals surface area contributed by atoms with Gasteiger partial charge in [-0.2, -0.15) is 0 Å². The van der Waals surface area contributed by atoms with Crippen LogP contribution in [0.25, 0.3) is 0 Å². The Balaban J connectivity index is 1.61. The first-order valence-corrected chi connectivity index (χ1v) is 12.6. The van der Waals surface area contributed by atoms with Crippen LogP contribution < -0.4 is 5.32 Å². The fourth-order valence-electron chi connectivity index (χ4n) is 5.03. The minimum atomic E-state index is -1.10. The molecule has 9 nitrogen and oxygen atoms in total. The van der Waals surface area contributed by atoms with Crippen LogP contribution in [0.4, 0.5) is 10.6 Å². The average Bonchev–Trinajstić information content (AvgIpc) is 2.74. The lowest BCUT2D eigenvalue weighted by atomic mass is 9.76. The van der Waals surface area contributed by atoms with Crippen LogP contribution in [0.1, 0.15) is 71.1 Å². The van der Waals surface area contributed by atoms with E-state index in [4.69, 9.17) is 9.82 Å². The Morgan fingerprint density at radius 3 is 2.53 bits per heavy atom. The van der Waals surface area contributed by atoms with Crippen LogP contribution in [0.5, 0.6) is 0 Å². The highest BCUT2D eigenvalue weighted by Crippen LogP contribution is 2.37. The number of rotatable bonds is 11. The van der Waals surface area contributed by atoms with Crippen LogP contribution in [-0.2, 0) is 22.5 Å². The highest BCUT2D eigenvalue weighted by molar-refractivity contribution is 5.74. The molecule has 190 valence electrons. The summed E-state index contributed by atoms with van der Waals surface area (Å²) in [6.07, 6.45) is 4.95. The summed E-state index contributed by atoms with van der Waals surface area (Å²) in [5, 5.41) is 23.9. The van der Waals surface area contributed by atoms with Crippen molar-refractivity contribution in [3.8, 4) is 0 Å². The fraction of sp³-hybridized carbons (Fsp3) is 0.720. The highest BCUT2D eigenvalue weighted by atomic mass is 16.7. The number of carbonyl (C=O) groups is 2. The second kappa shape index (κ2) is 11.8. The Bertz CT molecular complexity index is 833. The van der Waals surface area contributed by atoms with Crippen LogP contribution >= 0.6 is 0 Å². The number of aromatic nitrogens is 1. The molecule has 2 aliphatic rings. The molecule has 0 spiro atoms. The van der Waals surface area contributed by atoms with E-state index >= 15 is 0 Å². The Morgan fingerprint density at radius 2 is 1.91 bits per heavy atom. The number of amides is 1. The van der Waals surface area contributed by atoms with Crippen LogP contribution in [0.2, 0.25) is 0 Å². The van der Waals surface area contributed by atoms with Crippen molar-refractivity contribution < 1.29 is 24.6 Å². The number of carbonyl (C=O) groups excluding carboxylic acids is 1. The molecular formula is C25H40N4O5. The number of aryl methyl sites for hydroxylation is 2. The van der Waals surface area contributed by atoms with E-state index in [-0.39, 0.29) is 31.2 Å². The van der Waals surface area contributed by atoms with Crippen molar-refractivity contribution in [1.29, 1.82) is 0 Å². The Kier molecular flexibility index (Phi) is 9.13. The van der Waals surface area contributed by atoms with Crippen molar-refractivity contribution in [2.24, 2.45) is 5.92 Å². The summed E-state index contributed by atoms with van der Waals surface area (Å²) in [7, 11) is 0. The molecule has 3 N–H and O–H groups in total. The number of carboxylic acids is 1. The zero-order valence-corrected chi connectivity index (χ0v) is 20.9. The van der Waals surface area contributed by atoms with E-state index in [1.807, 2.05) is 27.7 Å². The maximum absolute atomic E-state index is 12.9. The molecule has 0 radical (unpaired) electrons. The standard InChI is InChI=1S/C25H40N4O5/c1-16(2)28(17(3)4)25(33)34-29(22(11-13-30)24(31)32)21-14-18(15-21)7-9-20-10-8-19-6-5-12-26-23(19)27-20/h8,10,16-18,21-22,30H,5-7,9,11-15H2,1-4H3,(H,26,27)(H,31,32)/t18?,21?,22-/m0/s1. The van der Waals surface area contributed by atoms with Gasteiger partial charge in [-0.3, -0.25) is 4.79 Å². The van der Waals surface area contributed by atoms with Gasteiger partial charge in [0, 0.05) is 37.0 Å². The lowest BCUT2D eigenvalue weighted by Gasteiger charge is -2.44. The Hall–Kier alpha value is -2.39. The summed E-state index contributed by atoms with van der Waals surface area (Å²) in [6, 6.07) is 2.85. The van der Waals surface area contributed by atoms with Crippen molar-refractivity contribution in [2.45, 2.75) is 96.8 Å². The molecule has 1 amide bonds. The number of aliphatic carboxylic acids is 1. The first kappa shape index (κ1) is 26.2. The van der Waals surface area contributed by atoms with E-state index in [0.717, 1.165) is 56.6 Å². The molecule has 0 unspecified atom stereocenters. The van der Waals surface area contributed by atoms with Crippen LogP contribution in [0.3, 0.4) is 0 Å². The topological polar surface area (TPSA) is 115 Å². The second-order valence-electron chi connectivity index (χ2n) is 10.0. The molecule has 1 fully saturated rings. The van der Waals surface area contributed by atoms with Gasteiger partial charge < -0.3 is 25.3 Å². The molecular weight excluding hydrogens is 436 g/mol. The third-order valence-electron chi connectivity index (χ3n) is 6.83. The fourth-order valence-corrected chi connectivity index (χ4v) is 5.03. The molecule has 1 aromatic rings. The molecule has 1 saturated carbocycles. The predicted molar refractivity (Wildman–Crippen MR) is 129 cm³/mol. The van der Waals surface area contributed by atoms with Crippen molar-refractivity contribution >= 4 is 17.9 Å². The van der Waals surface area contributed by atoms with Gasteiger partial charge in [-0.1, -0.05) is 6.07 Å². The summed E-state index contributed by atoms with van der Waals surface area (Å²) >= 11 is 0. The van der Waals surface area contributed by atoms with Crippen molar-refractivity contribution in [3.05, 3.63) is 23.4 Å². The number of aliphatic hydroxyl groups is 1. The predicted octanol–water partition coefficient (Wildman–Crippen LogP) is 3.46. The number of anilines is 1. The minimum absolute atomic E-state index is 0.000811. The molecule has 34 heavy (non-hydrogen) atoms. The number of carboxylic acid groups (broad SMARTS) is 1. The normalized spacial score (nSPS) is 20.5. The number of hydroxylamine groups is 2. The van der Waals surface area contributed by atoms with E-state index in [2.05, 4.69) is 17.4 Å². The monoisotopic (exact) mass is 476 g/mol. The zero-order chi connectivity index (χ0) is 24.8. The Morgan fingerprint density at radius 1 is 1.21 bits per heavy atom. The maximum Gasteiger partial charge on any atom is 0.429 e. The number of fused-ring (bicyclic) bond motifs is 1. The van der Waals surface area contributed by atoms with Crippen LogP contribution in [-0.4, -0.2) is 74.5 Å². The summed E-state index contributed by atoms with van der Waals surface area (Å²) in [6.45, 7) is 8.27. The van der Waals surface area contributed by atoms with Gasteiger partial charge in [0.15, 0.2) is 0 Å². The van der Waals surface area contributed by atoms with E-state index in [1.165, 1.54) is 10.6 Å². The quantitative estimate of drug-likeness (QED) is 0.416. The number of nitrogens with zero attached hydrogens (tertiary/aromatic N) is 3. The van der Waals surface area contributed by atoms with Gasteiger partial charge in [-0.05, 0) is 90.2 Å². The SMILES string of the molecule is CC(C)N(C(=O)ON(C1CC(CCc2ccc3c(n2)NCCC3)C1)[C@@H](CCO)C(=O)O)C(C)C. The number of hydrogen-bond acceptors (Lipinski definition) is 7. The third-order valence-corrected chi connectivity index (χ3v) is 6.83. The molecule has 9 heteroatoms. The number of nitrogens with one attached hydrogen (secondary N) is 1. The lowest BCUT2D eigenvalue weighted by Crippen LogP contribution is -2.56. The zero-order valence-electron chi connectivity index (χ0n) is 20.9. The van der Waals surface area contributed by atoms with Gasteiger partial charge in [0.1, 0.15) is 11.9 Å². The highest BCUT2D eigenvalue weighted by Gasteiger charge is 2.42. The van der Waals surface area contributed by atoms with E-state index in [1.54, 1.807) is 4.90 Å². The smallest absolute Gasteiger partial charge is 0.429 e. The third kappa shape index (κ3) is 6.39. The molecule has 1 atom stereocenters. The summed E-state index contributed by atoms with van der Waals surface area (Å²) in [4.78, 5) is 36.9. The van der Waals surface area contributed by atoms with Gasteiger partial charge in [0.2, 0.25) is 0 Å². The average molecular weight is 477 g/mol. The van der Waals surface area contributed by atoms with Crippen molar-refractivity contribution in [2.75, 3.05) is 18.5 Å². The second-order valence-corrected chi connectivity index (χ2v) is 10.0. The van der Waals surface area contributed by atoms with Gasteiger partial charge in [-0.15, -0.1) is 5.06 Å². The van der Waals surface area contributed by atoms with E-state index < -0.39 is 18.1 Å². The van der Waals surface area contributed by atoms with Gasteiger partial charge in [-0.25, -0.2) is 9.78 Å². The molecule has 3 rings (SSSR count). The molecule has 1 aliphatic carbocycles. The van der Waals surface area contributed by atoms with Gasteiger partial charge in [0.05, 0.1) is 0 Å². The van der Waals surface area contributed by atoms with Crippen LogP contribution in [0, 0.1) is 5.92 Å². The van der Waals surface area contributed by atoms with Crippen molar-refractivity contribution in [3.63, 3.8) is 0 Å². The molecule has 0 bridgehead atoms. The summed E-state index contributed by atoms with van der Waals surface area (Å²) < 4.78 is 0.